The van der Waals surface area contributed by atoms with Gasteiger partial charge in [-0.3, -0.25) is 0 Å². The Hall–Kier alpha value is -2.96. The summed E-state index contributed by atoms with van der Waals surface area (Å²) in [5.74, 6) is -8.52. The summed E-state index contributed by atoms with van der Waals surface area (Å²) in [6.45, 7) is 0. The second-order valence-electron chi connectivity index (χ2n) is 6.60. The summed E-state index contributed by atoms with van der Waals surface area (Å²) in [6.07, 6.45) is -39.8. The Balaban J connectivity index is 4.59. The fraction of sp³-hybridized carbons (Fsp3) is 0.471. The highest BCUT2D eigenvalue weighted by Crippen LogP contribution is 2.63. The molecule has 20 heteroatoms. The minimum atomic E-state index is -8.31. The van der Waals surface area contributed by atoms with E-state index in [0.717, 1.165) is 0 Å². The molecular weight excluding hydrogens is 575 g/mol. The zero-order chi connectivity index (χ0) is 29.6. The first-order chi connectivity index (χ1) is 16.2. The number of alkyl halides is 17. The zero-order valence-electron chi connectivity index (χ0n) is 17.0. The molecule has 0 unspecified atom stereocenters. The molecule has 0 amide bonds. The van der Waals surface area contributed by atoms with Crippen LogP contribution in [0.25, 0.3) is 0 Å². The van der Waals surface area contributed by atoms with Gasteiger partial charge >= 0.3 is 48.2 Å². The van der Waals surface area contributed by atoms with Gasteiger partial charge in [0, 0.05) is 0 Å². The van der Waals surface area contributed by atoms with Gasteiger partial charge in [-0.1, -0.05) is 12.1 Å². The summed E-state index contributed by atoms with van der Waals surface area (Å²) < 4.78 is 236. The second kappa shape index (κ2) is 9.41. The molecule has 0 aliphatic rings. The van der Waals surface area contributed by atoms with E-state index in [4.69, 9.17) is 0 Å². The van der Waals surface area contributed by atoms with Gasteiger partial charge in [-0.05, 0) is 12.1 Å². The van der Waals surface area contributed by atoms with Crippen LogP contribution in [0.1, 0.15) is 10.4 Å². The van der Waals surface area contributed by atoms with E-state index in [1.807, 2.05) is 0 Å². The van der Waals surface area contributed by atoms with Crippen molar-refractivity contribution in [1.82, 2.24) is 0 Å². The van der Waals surface area contributed by atoms with E-state index in [-0.39, 0.29) is 6.07 Å². The van der Waals surface area contributed by atoms with Crippen molar-refractivity contribution in [2.75, 3.05) is 7.11 Å². The predicted molar refractivity (Wildman–Crippen MR) is 83.4 cm³/mol. The average Bonchev–Trinajstić information content (AvgIpc) is 2.68. The van der Waals surface area contributed by atoms with E-state index in [0.29, 0.717) is 25.3 Å². The molecule has 0 spiro atoms. The largest absolute Gasteiger partial charge is 0.465 e. The van der Waals surface area contributed by atoms with Gasteiger partial charge < -0.3 is 9.47 Å². The number of esters is 1. The smallest absolute Gasteiger partial charge is 0.449 e. The third-order valence-electron chi connectivity index (χ3n) is 4.24. The van der Waals surface area contributed by atoms with Crippen molar-refractivity contribution in [3.63, 3.8) is 0 Å². The number of carbonyl (C=O) groups is 1. The molecule has 1 aromatic carbocycles. The van der Waals surface area contributed by atoms with E-state index in [2.05, 4.69) is 9.47 Å². The number of hydrogen-bond acceptors (Lipinski definition) is 3. The Labute approximate surface area is 192 Å². The topological polar surface area (TPSA) is 35.5 Å². The summed E-state index contributed by atoms with van der Waals surface area (Å²) in [6, 6.07) is 1.52. The molecule has 0 fully saturated rings. The lowest BCUT2D eigenvalue weighted by Crippen LogP contribution is -2.67. The summed E-state index contributed by atoms with van der Waals surface area (Å²) in [5.41, 5.74) is -23.7. The van der Waals surface area contributed by atoms with Crippen LogP contribution in [-0.2, 0) is 4.74 Å². The maximum absolute atomic E-state index is 14.6. The Morgan fingerprint density at radius 3 is 1.27 bits per heavy atom. The monoisotopic (exact) mass is 582 g/mol. The molecule has 0 saturated carbocycles. The fourth-order valence-electron chi connectivity index (χ4n) is 2.63. The Bertz CT molecular complexity index is 956. The first-order valence-electron chi connectivity index (χ1n) is 8.51. The molecule has 0 aliphatic carbocycles. The van der Waals surface area contributed by atoms with Crippen LogP contribution in [0.3, 0.4) is 0 Å². The van der Waals surface area contributed by atoms with Gasteiger partial charge in [0.1, 0.15) is 11.3 Å². The normalized spacial score (nSPS) is 14.3. The molecule has 1 rings (SSSR count). The van der Waals surface area contributed by atoms with Crippen molar-refractivity contribution in [3.8, 4) is 5.75 Å². The van der Waals surface area contributed by atoms with Gasteiger partial charge in [0.25, 0.3) is 0 Å². The van der Waals surface area contributed by atoms with E-state index < -0.39 is 70.8 Å². The van der Waals surface area contributed by atoms with Crippen molar-refractivity contribution in [2.24, 2.45) is 0 Å². The van der Waals surface area contributed by atoms with Crippen LogP contribution >= 0.6 is 0 Å². The van der Waals surface area contributed by atoms with Gasteiger partial charge in [0.2, 0.25) is 5.76 Å². The molecule has 37 heavy (non-hydrogen) atoms. The van der Waals surface area contributed by atoms with Gasteiger partial charge in [-0.15, -0.1) is 0 Å². The van der Waals surface area contributed by atoms with Crippen LogP contribution in [0, 0.1) is 0 Å². The quantitative estimate of drug-likeness (QED) is 0.207. The molecule has 0 N–H and O–H groups in total. The molecule has 0 heterocycles. The zero-order valence-corrected chi connectivity index (χ0v) is 17.0. The number of benzene rings is 1. The minimum absolute atomic E-state index is 0.0117. The number of rotatable bonds is 5. The van der Waals surface area contributed by atoms with Gasteiger partial charge in [-0.2, -0.15) is 65.9 Å². The number of halogens is 17. The number of hydrogen-bond donors (Lipinski definition) is 0. The van der Waals surface area contributed by atoms with Crippen LogP contribution in [0.4, 0.5) is 74.6 Å². The summed E-state index contributed by atoms with van der Waals surface area (Å²) >= 11 is 0. The fourth-order valence-corrected chi connectivity index (χ4v) is 2.63. The first-order valence-corrected chi connectivity index (χ1v) is 8.51. The second-order valence-corrected chi connectivity index (χ2v) is 6.60. The van der Waals surface area contributed by atoms with E-state index in [9.17, 15) is 79.4 Å². The Morgan fingerprint density at radius 2 is 0.973 bits per heavy atom. The van der Waals surface area contributed by atoms with Gasteiger partial charge in [0.05, 0.1) is 12.7 Å². The maximum atomic E-state index is 14.6. The minimum Gasteiger partial charge on any atom is -0.465 e. The Morgan fingerprint density at radius 1 is 0.622 bits per heavy atom. The highest BCUT2D eigenvalue weighted by Gasteiger charge is 2.88. The Kier molecular flexibility index (Phi) is 8.16. The van der Waals surface area contributed by atoms with Crippen molar-refractivity contribution >= 4 is 5.97 Å². The molecule has 1 aromatic rings. The maximum Gasteiger partial charge on any atom is 0.449 e. The summed E-state index contributed by atoms with van der Waals surface area (Å²) in [4.78, 5) is 11.6. The highest BCUT2D eigenvalue weighted by atomic mass is 19.4. The van der Waals surface area contributed by atoms with Crippen LogP contribution in [0.15, 0.2) is 35.6 Å². The van der Waals surface area contributed by atoms with Crippen molar-refractivity contribution < 1.29 is 88.9 Å². The average molecular weight is 582 g/mol. The van der Waals surface area contributed by atoms with Crippen molar-refractivity contribution in [1.29, 1.82) is 0 Å². The van der Waals surface area contributed by atoms with E-state index in [1.54, 1.807) is 0 Å². The molecule has 3 nitrogen and oxygen atoms in total. The number of ether oxygens (including phenoxy) is 2. The lowest BCUT2D eigenvalue weighted by atomic mass is 9.79. The molecule has 212 valence electrons. The lowest BCUT2D eigenvalue weighted by molar-refractivity contribution is -0.365. The number of carbonyl (C=O) groups excluding carboxylic acids is 1. The third-order valence-corrected chi connectivity index (χ3v) is 4.24. The number of methoxy groups -OCH3 is 1. The predicted octanol–water partition coefficient (Wildman–Crippen LogP) is 7.33. The summed E-state index contributed by atoms with van der Waals surface area (Å²) in [5, 5.41) is 0. The standard InChI is InChI=1S/C17H7F17O3/c1-36-10(35)6-4-2-3-5-7(6)37-9(13(20,21)22)8(11(18,14(23,24)25)15(26,27)28)12(19,16(29,30)31)17(32,33)34/h2-5H,1H3. The van der Waals surface area contributed by atoms with Crippen molar-refractivity contribution in [3.05, 3.63) is 41.2 Å². The molecular formula is C17H7F17O3. The molecule has 0 aliphatic heterocycles. The van der Waals surface area contributed by atoms with Gasteiger partial charge in [-0.25, -0.2) is 13.6 Å². The van der Waals surface area contributed by atoms with Crippen molar-refractivity contribution in [2.45, 2.75) is 42.2 Å². The van der Waals surface area contributed by atoms with Crippen LogP contribution in [0.2, 0.25) is 0 Å². The highest BCUT2D eigenvalue weighted by molar-refractivity contribution is 5.92. The van der Waals surface area contributed by atoms with E-state index >= 15 is 0 Å². The number of para-hydroxylation sites is 1. The lowest BCUT2D eigenvalue weighted by Gasteiger charge is -2.41. The molecule has 0 saturated heterocycles. The number of allylic oxidation sites excluding steroid dienone is 2. The molecule has 0 bridgehead atoms. The van der Waals surface area contributed by atoms with Gasteiger partial charge in [0.15, 0.2) is 0 Å². The van der Waals surface area contributed by atoms with Crippen LogP contribution in [0.5, 0.6) is 5.75 Å². The summed E-state index contributed by atoms with van der Waals surface area (Å²) in [7, 11) is 0.477. The third kappa shape index (κ3) is 5.51. The molecule has 0 radical (unpaired) electrons. The van der Waals surface area contributed by atoms with Crippen LogP contribution in [-0.4, -0.2) is 55.3 Å². The van der Waals surface area contributed by atoms with E-state index in [1.165, 1.54) is 0 Å². The first kappa shape index (κ1) is 32.1. The molecule has 0 aromatic heterocycles. The van der Waals surface area contributed by atoms with Crippen LogP contribution < -0.4 is 4.74 Å². The molecule has 0 atom stereocenters. The SMILES string of the molecule is COC(=O)c1ccccc1OC(=C(C(F)(C(F)(F)F)C(F)(F)F)C(F)(C(F)(F)F)C(F)(F)F)C(F)(F)F.